The van der Waals surface area contributed by atoms with Crippen LogP contribution in [0.4, 0.5) is 10.6 Å². The molecule has 0 saturated heterocycles. The molecule has 11 heteroatoms. The zero-order valence-corrected chi connectivity index (χ0v) is 23.1. The second-order valence-electron chi connectivity index (χ2n) is 10.3. The van der Waals surface area contributed by atoms with Gasteiger partial charge in [-0.3, -0.25) is 4.57 Å². The minimum atomic E-state index is -0.531. The Balaban J connectivity index is 1.47. The van der Waals surface area contributed by atoms with Gasteiger partial charge in [0.1, 0.15) is 35.7 Å². The summed E-state index contributed by atoms with van der Waals surface area (Å²) in [6.07, 6.45) is 0.782. The van der Waals surface area contributed by atoms with Crippen LogP contribution < -0.4 is 26.2 Å². The summed E-state index contributed by atoms with van der Waals surface area (Å²) in [5.41, 5.74) is 7.93. The van der Waals surface area contributed by atoms with Crippen LogP contribution in [0.25, 0.3) is 22.5 Å². The number of anilines is 1. The maximum atomic E-state index is 13.9. The molecule has 0 radical (unpaired) electrons. The van der Waals surface area contributed by atoms with E-state index < -0.39 is 11.6 Å². The van der Waals surface area contributed by atoms with Crippen LogP contribution in [0.3, 0.4) is 0 Å². The van der Waals surface area contributed by atoms with Crippen molar-refractivity contribution in [2.24, 2.45) is 0 Å². The number of carbonyl (C=O) groups is 1. The normalized spacial score (nSPS) is 11.3. The van der Waals surface area contributed by atoms with Crippen LogP contribution in [0.1, 0.15) is 26.3 Å². The number of benzene rings is 3. The molecule has 41 heavy (non-hydrogen) atoms. The Labute approximate surface area is 236 Å². The summed E-state index contributed by atoms with van der Waals surface area (Å²) in [4.78, 5) is 34.5. The molecule has 0 unspecified atom stereocenters. The van der Waals surface area contributed by atoms with Gasteiger partial charge in [0.15, 0.2) is 11.5 Å². The monoisotopic (exact) mass is 554 g/mol. The highest BCUT2D eigenvalue weighted by molar-refractivity contribution is 5.85. The predicted molar refractivity (Wildman–Crippen MR) is 155 cm³/mol. The molecule has 210 valence electrons. The van der Waals surface area contributed by atoms with E-state index in [-0.39, 0.29) is 18.1 Å². The summed E-state index contributed by atoms with van der Waals surface area (Å²) in [6, 6.07) is 21.4. The first kappa shape index (κ1) is 27.3. The Hall–Kier alpha value is -5.32. The molecule has 0 saturated carbocycles. The average molecular weight is 555 g/mol. The van der Waals surface area contributed by atoms with Crippen molar-refractivity contribution in [3.8, 4) is 28.6 Å². The van der Waals surface area contributed by atoms with E-state index in [0.717, 1.165) is 5.75 Å². The molecule has 3 N–H and O–H groups in total. The standard InChI is InChI=1S/C30H30N6O5/c1-30(2,3)34-28(37)40-17-19-6-5-7-21(16-19)36-27-25(26(31)32-18-33-27)35(29(36)38)20-8-10-23(11-9-20)41-24-14-12-22(39-4)13-15-24/h5-16,18H,17H2,1-4H3,(H,34,37)(H2,31,32,33). The summed E-state index contributed by atoms with van der Waals surface area (Å²) in [5, 5.41) is 2.75. The molecule has 5 aromatic rings. The number of nitrogen functional groups attached to an aromatic ring is 1. The minimum absolute atomic E-state index is 0.0237. The maximum absolute atomic E-state index is 13.9. The summed E-state index contributed by atoms with van der Waals surface area (Å²) < 4.78 is 19.4. The Kier molecular flexibility index (Phi) is 7.34. The van der Waals surface area contributed by atoms with E-state index in [9.17, 15) is 9.59 Å². The number of imidazole rings is 1. The first-order valence-corrected chi connectivity index (χ1v) is 12.8. The van der Waals surface area contributed by atoms with E-state index in [1.54, 1.807) is 61.7 Å². The second kappa shape index (κ2) is 11.0. The van der Waals surface area contributed by atoms with Crippen molar-refractivity contribution in [1.29, 1.82) is 0 Å². The van der Waals surface area contributed by atoms with E-state index in [0.29, 0.717) is 39.6 Å². The van der Waals surface area contributed by atoms with Gasteiger partial charge in [0.2, 0.25) is 0 Å². The van der Waals surface area contributed by atoms with Gasteiger partial charge in [-0.15, -0.1) is 0 Å². The molecular weight excluding hydrogens is 524 g/mol. The number of alkyl carbamates (subject to hydrolysis) is 1. The molecule has 0 aliphatic heterocycles. The number of fused-ring (bicyclic) bond motifs is 1. The number of aromatic nitrogens is 4. The molecular formula is C30H30N6O5. The largest absolute Gasteiger partial charge is 0.497 e. The van der Waals surface area contributed by atoms with Crippen LogP contribution in [-0.4, -0.2) is 37.8 Å². The van der Waals surface area contributed by atoms with Gasteiger partial charge >= 0.3 is 11.8 Å². The fourth-order valence-electron chi connectivity index (χ4n) is 4.24. The molecule has 2 aromatic heterocycles. The maximum Gasteiger partial charge on any atom is 0.407 e. The zero-order chi connectivity index (χ0) is 29.1. The Morgan fingerprint density at radius 2 is 1.56 bits per heavy atom. The molecule has 0 fully saturated rings. The highest BCUT2D eigenvalue weighted by atomic mass is 16.5. The number of hydrogen-bond donors (Lipinski definition) is 2. The molecule has 0 aliphatic rings. The van der Waals surface area contributed by atoms with Gasteiger partial charge in [-0.2, -0.15) is 0 Å². The molecule has 0 aliphatic carbocycles. The van der Waals surface area contributed by atoms with Gasteiger partial charge in [0.25, 0.3) is 0 Å². The molecule has 0 spiro atoms. The van der Waals surface area contributed by atoms with Crippen LogP contribution in [-0.2, 0) is 11.3 Å². The van der Waals surface area contributed by atoms with E-state index >= 15 is 0 Å². The van der Waals surface area contributed by atoms with Crippen molar-refractivity contribution in [3.05, 3.63) is 95.2 Å². The van der Waals surface area contributed by atoms with Crippen molar-refractivity contribution < 1.29 is 19.0 Å². The molecule has 3 aromatic carbocycles. The first-order valence-electron chi connectivity index (χ1n) is 12.8. The van der Waals surface area contributed by atoms with Crippen molar-refractivity contribution in [1.82, 2.24) is 24.4 Å². The number of nitrogens with zero attached hydrogens (tertiary/aromatic N) is 4. The average Bonchev–Trinajstić information content (AvgIpc) is 3.25. The molecule has 0 atom stereocenters. The Morgan fingerprint density at radius 1 is 0.902 bits per heavy atom. The lowest BCUT2D eigenvalue weighted by Crippen LogP contribution is -2.40. The summed E-state index contributed by atoms with van der Waals surface area (Å²) in [5.74, 6) is 2.11. The van der Waals surface area contributed by atoms with Gasteiger partial charge < -0.3 is 25.3 Å². The number of nitrogens with two attached hydrogens (primary N) is 1. The SMILES string of the molecule is COc1ccc(Oc2ccc(-n3c(=O)n(-c4cccc(COC(=O)NC(C)(C)C)c4)c4ncnc(N)c43)cc2)cc1. The van der Waals surface area contributed by atoms with Crippen molar-refractivity contribution in [2.75, 3.05) is 12.8 Å². The lowest BCUT2D eigenvalue weighted by Gasteiger charge is -2.20. The molecule has 1 amide bonds. The van der Waals surface area contributed by atoms with Crippen LogP contribution in [0, 0.1) is 0 Å². The lowest BCUT2D eigenvalue weighted by molar-refractivity contribution is 0.131. The van der Waals surface area contributed by atoms with Gasteiger partial charge in [-0.25, -0.2) is 24.1 Å². The quantitative estimate of drug-likeness (QED) is 0.288. The van der Waals surface area contributed by atoms with Crippen LogP contribution in [0.5, 0.6) is 17.2 Å². The van der Waals surface area contributed by atoms with E-state index in [4.69, 9.17) is 19.9 Å². The lowest BCUT2D eigenvalue weighted by atomic mass is 10.1. The van der Waals surface area contributed by atoms with E-state index in [2.05, 4.69) is 15.3 Å². The number of carbonyl (C=O) groups excluding carboxylic acids is 1. The van der Waals surface area contributed by atoms with Crippen molar-refractivity contribution in [2.45, 2.75) is 32.9 Å². The number of amides is 1. The Morgan fingerprint density at radius 3 is 2.22 bits per heavy atom. The third kappa shape index (κ3) is 5.98. The van der Waals surface area contributed by atoms with Crippen molar-refractivity contribution in [3.63, 3.8) is 0 Å². The predicted octanol–water partition coefficient (Wildman–Crippen LogP) is 4.98. The molecule has 2 heterocycles. The molecule has 0 bridgehead atoms. The van der Waals surface area contributed by atoms with Gasteiger partial charge in [0, 0.05) is 5.54 Å². The van der Waals surface area contributed by atoms with Crippen LogP contribution in [0.2, 0.25) is 0 Å². The highest BCUT2D eigenvalue weighted by Gasteiger charge is 2.21. The highest BCUT2D eigenvalue weighted by Crippen LogP contribution is 2.27. The van der Waals surface area contributed by atoms with E-state index in [1.807, 2.05) is 39.0 Å². The van der Waals surface area contributed by atoms with Gasteiger partial charge in [0.05, 0.1) is 18.5 Å². The van der Waals surface area contributed by atoms with Crippen LogP contribution in [0.15, 0.2) is 83.9 Å². The fraction of sp³-hybridized carbons (Fsp3) is 0.200. The third-order valence-electron chi connectivity index (χ3n) is 6.06. The smallest absolute Gasteiger partial charge is 0.407 e. The topological polar surface area (TPSA) is 136 Å². The first-order chi connectivity index (χ1) is 19.6. The number of rotatable bonds is 7. The number of hydrogen-bond acceptors (Lipinski definition) is 8. The second-order valence-corrected chi connectivity index (χ2v) is 10.3. The minimum Gasteiger partial charge on any atom is -0.497 e. The van der Waals surface area contributed by atoms with Crippen LogP contribution >= 0.6 is 0 Å². The van der Waals surface area contributed by atoms with Gasteiger partial charge in [-0.05, 0) is 87.0 Å². The molecule has 5 rings (SSSR count). The number of nitrogens with one attached hydrogen (secondary N) is 1. The number of methoxy groups -OCH3 is 1. The summed E-state index contributed by atoms with van der Waals surface area (Å²) in [6.45, 7) is 5.63. The van der Waals surface area contributed by atoms with Gasteiger partial charge in [-0.1, -0.05) is 12.1 Å². The Bertz CT molecular complexity index is 1750. The molecule has 11 nitrogen and oxygen atoms in total. The summed E-state index contributed by atoms with van der Waals surface area (Å²) >= 11 is 0. The van der Waals surface area contributed by atoms with E-state index in [1.165, 1.54) is 15.5 Å². The fourth-order valence-corrected chi connectivity index (χ4v) is 4.24. The zero-order valence-electron chi connectivity index (χ0n) is 23.1. The summed E-state index contributed by atoms with van der Waals surface area (Å²) in [7, 11) is 1.60. The number of ether oxygens (including phenoxy) is 3. The third-order valence-corrected chi connectivity index (χ3v) is 6.06. The van der Waals surface area contributed by atoms with Crippen molar-refractivity contribution >= 4 is 23.1 Å².